The van der Waals surface area contributed by atoms with Crippen molar-refractivity contribution in [2.75, 3.05) is 0 Å². The molecule has 0 radical (unpaired) electrons. The van der Waals surface area contributed by atoms with Gasteiger partial charge in [0.05, 0.1) is 4.92 Å². The fourth-order valence-electron chi connectivity index (χ4n) is 1.42. The highest BCUT2D eigenvalue weighted by molar-refractivity contribution is 5.57. The van der Waals surface area contributed by atoms with Crippen molar-refractivity contribution >= 4 is 5.69 Å². The molecule has 0 fully saturated rings. The molecule has 0 saturated heterocycles. The van der Waals surface area contributed by atoms with Crippen molar-refractivity contribution in [3.8, 4) is 11.5 Å². The second kappa shape index (κ2) is 4.92. The zero-order valence-corrected chi connectivity index (χ0v) is 9.61. The number of nitro groups is 1. The maximum atomic E-state index is 10.6. The second-order valence-electron chi connectivity index (χ2n) is 3.69. The van der Waals surface area contributed by atoms with Gasteiger partial charge in [-0.05, 0) is 12.5 Å². The molecule has 2 rings (SSSR count). The summed E-state index contributed by atoms with van der Waals surface area (Å²) in [6.45, 7) is 1.79. The third-order valence-electron chi connectivity index (χ3n) is 2.43. The van der Waals surface area contributed by atoms with E-state index in [0.29, 0.717) is 12.0 Å². The smallest absolute Gasteiger partial charge is 0.270 e. The van der Waals surface area contributed by atoms with Gasteiger partial charge in [-0.25, -0.2) is 0 Å². The van der Waals surface area contributed by atoms with E-state index in [0.717, 1.165) is 0 Å². The van der Waals surface area contributed by atoms with E-state index < -0.39 is 11.0 Å². The van der Waals surface area contributed by atoms with Crippen LogP contribution in [-0.4, -0.2) is 20.2 Å². The Morgan fingerprint density at radius 1 is 1.56 bits per heavy atom. The van der Waals surface area contributed by atoms with Gasteiger partial charge in [0.15, 0.2) is 0 Å². The molecule has 7 heteroatoms. The van der Waals surface area contributed by atoms with Crippen LogP contribution in [0.1, 0.15) is 25.3 Å². The first-order valence-corrected chi connectivity index (χ1v) is 5.38. The third kappa shape index (κ3) is 2.35. The largest absolute Gasteiger partial charge is 0.385 e. The Labute approximate surface area is 102 Å². The highest BCUT2D eigenvalue weighted by Crippen LogP contribution is 2.23. The van der Waals surface area contributed by atoms with E-state index in [4.69, 9.17) is 4.52 Å². The summed E-state index contributed by atoms with van der Waals surface area (Å²) in [5, 5.41) is 23.8. The van der Waals surface area contributed by atoms with Crippen molar-refractivity contribution in [1.82, 2.24) is 10.1 Å². The maximum absolute atomic E-state index is 10.6. The maximum Gasteiger partial charge on any atom is 0.270 e. The highest BCUT2D eigenvalue weighted by atomic mass is 16.6. The van der Waals surface area contributed by atoms with Crippen LogP contribution in [0.15, 0.2) is 28.8 Å². The number of aromatic nitrogens is 2. The number of hydrogen-bond donors (Lipinski definition) is 1. The van der Waals surface area contributed by atoms with E-state index >= 15 is 0 Å². The zero-order chi connectivity index (χ0) is 13.1. The Balaban J connectivity index is 2.34. The number of nitro benzene ring substituents is 1. The molecular formula is C11H11N3O4. The van der Waals surface area contributed by atoms with Crippen molar-refractivity contribution in [2.24, 2.45) is 0 Å². The molecule has 1 unspecified atom stereocenters. The van der Waals surface area contributed by atoms with E-state index in [-0.39, 0.29) is 17.4 Å². The standard InChI is InChI=1S/C11H11N3O4/c1-2-9(15)10-12-11(18-13-10)7-4-3-5-8(6-7)14(16)17/h3-6,9,15H,2H2,1H3. The minimum Gasteiger partial charge on any atom is -0.385 e. The SMILES string of the molecule is CCC(O)c1noc(-c2cccc([N+](=O)[O-])c2)n1. The van der Waals surface area contributed by atoms with Crippen LogP contribution in [0.2, 0.25) is 0 Å². The van der Waals surface area contributed by atoms with Gasteiger partial charge in [-0.1, -0.05) is 18.1 Å². The molecule has 0 aliphatic carbocycles. The Hall–Kier alpha value is -2.28. The molecule has 0 aliphatic heterocycles. The van der Waals surface area contributed by atoms with Gasteiger partial charge >= 0.3 is 0 Å². The van der Waals surface area contributed by atoms with Crippen molar-refractivity contribution in [3.05, 3.63) is 40.2 Å². The summed E-state index contributed by atoms with van der Waals surface area (Å²) in [4.78, 5) is 14.1. The summed E-state index contributed by atoms with van der Waals surface area (Å²) in [7, 11) is 0. The van der Waals surface area contributed by atoms with Gasteiger partial charge in [0.25, 0.3) is 11.6 Å². The first-order chi connectivity index (χ1) is 8.61. The van der Waals surface area contributed by atoms with E-state index in [1.165, 1.54) is 18.2 Å². The van der Waals surface area contributed by atoms with Crippen molar-refractivity contribution < 1.29 is 14.6 Å². The second-order valence-corrected chi connectivity index (χ2v) is 3.69. The fourth-order valence-corrected chi connectivity index (χ4v) is 1.42. The number of rotatable bonds is 4. The lowest BCUT2D eigenvalue weighted by molar-refractivity contribution is -0.384. The molecule has 1 atom stereocenters. The lowest BCUT2D eigenvalue weighted by atomic mass is 10.2. The van der Waals surface area contributed by atoms with Crippen LogP contribution in [0.3, 0.4) is 0 Å². The molecule has 7 nitrogen and oxygen atoms in total. The average Bonchev–Trinajstić information content (AvgIpc) is 2.87. The third-order valence-corrected chi connectivity index (χ3v) is 2.43. The lowest BCUT2D eigenvalue weighted by Gasteiger charge is -1.98. The first kappa shape index (κ1) is 12.2. The minimum absolute atomic E-state index is 0.0525. The van der Waals surface area contributed by atoms with Crippen LogP contribution in [0, 0.1) is 10.1 Å². The van der Waals surface area contributed by atoms with Gasteiger partial charge in [-0.3, -0.25) is 10.1 Å². The van der Waals surface area contributed by atoms with Gasteiger partial charge in [-0.15, -0.1) is 0 Å². The minimum atomic E-state index is -0.791. The Morgan fingerprint density at radius 2 is 2.33 bits per heavy atom. The topological polar surface area (TPSA) is 102 Å². The summed E-state index contributed by atoms with van der Waals surface area (Å²) < 4.78 is 4.96. The monoisotopic (exact) mass is 249 g/mol. The summed E-state index contributed by atoms with van der Waals surface area (Å²) in [5.74, 6) is 0.334. The predicted molar refractivity (Wildman–Crippen MR) is 61.6 cm³/mol. The number of non-ortho nitro benzene ring substituents is 1. The van der Waals surface area contributed by atoms with Crippen LogP contribution in [-0.2, 0) is 0 Å². The van der Waals surface area contributed by atoms with Crippen molar-refractivity contribution in [3.63, 3.8) is 0 Å². The normalized spacial score (nSPS) is 12.3. The molecular weight excluding hydrogens is 238 g/mol. The summed E-state index contributed by atoms with van der Waals surface area (Å²) in [6, 6.07) is 5.88. The highest BCUT2D eigenvalue weighted by Gasteiger charge is 2.16. The van der Waals surface area contributed by atoms with Gasteiger partial charge in [0.2, 0.25) is 5.82 Å². The summed E-state index contributed by atoms with van der Waals surface area (Å²) in [6.07, 6.45) is -0.324. The summed E-state index contributed by atoms with van der Waals surface area (Å²) >= 11 is 0. The van der Waals surface area contributed by atoms with E-state index in [2.05, 4.69) is 10.1 Å². The zero-order valence-electron chi connectivity index (χ0n) is 9.61. The van der Waals surface area contributed by atoms with Crippen LogP contribution in [0.25, 0.3) is 11.5 Å². The molecule has 0 bridgehead atoms. The number of hydrogen-bond acceptors (Lipinski definition) is 6. The molecule has 94 valence electrons. The molecule has 2 aromatic rings. The Morgan fingerprint density at radius 3 is 3.00 bits per heavy atom. The van der Waals surface area contributed by atoms with Crippen LogP contribution >= 0.6 is 0 Å². The van der Waals surface area contributed by atoms with Gasteiger partial charge in [0, 0.05) is 17.7 Å². The number of aliphatic hydroxyl groups is 1. The van der Waals surface area contributed by atoms with Crippen LogP contribution in [0.4, 0.5) is 5.69 Å². The number of aliphatic hydroxyl groups excluding tert-OH is 1. The molecule has 0 amide bonds. The van der Waals surface area contributed by atoms with Crippen LogP contribution < -0.4 is 0 Å². The summed E-state index contributed by atoms with van der Waals surface area (Å²) in [5.41, 5.74) is 0.398. The molecule has 0 aliphatic rings. The Kier molecular flexibility index (Phi) is 3.33. The van der Waals surface area contributed by atoms with Crippen molar-refractivity contribution in [2.45, 2.75) is 19.4 Å². The molecule has 0 spiro atoms. The van der Waals surface area contributed by atoms with E-state index in [1.807, 2.05) is 0 Å². The molecule has 1 heterocycles. The van der Waals surface area contributed by atoms with E-state index in [9.17, 15) is 15.2 Å². The quantitative estimate of drug-likeness (QED) is 0.657. The average molecular weight is 249 g/mol. The van der Waals surface area contributed by atoms with Crippen molar-refractivity contribution in [1.29, 1.82) is 0 Å². The van der Waals surface area contributed by atoms with Gasteiger partial charge in [-0.2, -0.15) is 4.98 Å². The lowest BCUT2D eigenvalue weighted by Crippen LogP contribution is -1.97. The molecule has 1 aromatic heterocycles. The molecule has 0 saturated carbocycles. The number of nitrogens with zero attached hydrogens (tertiary/aromatic N) is 3. The fraction of sp³-hybridized carbons (Fsp3) is 0.273. The van der Waals surface area contributed by atoms with Crippen LogP contribution in [0.5, 0.6) is 0 Å². The molecule has 1 aromatic carbocycles. The number of benzene rings is 1. The molecule has 18 heavy (non-hydrogen) atoms. The predicted octanol–water partition coefficient (Wildman–Crippen LogP) is 2.09. The first-order valence-electron chi connectivity index (χ1n) is 5.38. The molecule has 1 N–H and O–H groups in total. The van der Waals surface area contributed by atoms with Gasteiger partial charge < -0.3 is 9.63 Å². The van der Waals surface area contributed by atoms with E-state index in [1.54, 1.807) is 13.0 Å². The Bertz CT molecular complexity index is 567. The van der Waals surface area contributed by atoms with Gasteiger partial charge in [0.1, 0.15) is 6.10 Å².